The number of carbonyl (C=O) groups excluding carboxylic acids is 1. The number of carbonyl (C=O) groups is 1. The van der Waals surface area contributed by atoms with Gasteiger partial charge in [0.1, 0.15) is 0 Å². The van der Waals surface area contributed by atoms with Crippen molar-refractivity contribution < 1.29 is 4.79 Å². The highest BCUT2D eigenvalue weighted by molar-refractivity contribution is 5.99. The highest BCUT2D eigenvalue weighted by Crippen LogP contribution is 2.41. The molecule has 0 bridgehead atoms. The van der Waals surface area contributed by atoms with Crippen LogP contribution < -0.4 is 5.73 Å². The van der Waals surface area contributed by atoms with Crippen LogP contribution in [-0.2, 0) is 4.79 Å². The second kappa shape index (κ2) is 7.08. The highest BCUT2D eigenvalue weighted by Gasteiger charge is 2.46. The predicted octanol–water partition coefficient (Wildman–Crippen LogP) is 4.24. The second-order valence-electron chi connectivity index (χ2n) is 6.08. The van der Waals surface area contributed by atoms with Crippen LogP contribution in [0.15, 0.2) is 12.2 Å². The Kier molecular flexibility index (Phi) is 6.83. The molecule has 2 nitrogen and oxygen atoms in total. The van der Waals surface area contributed by atoms with Gasteiger partial charge in [0.15, 0.2) is 5.78 Å². The van der Waals surface area contributed by atoms with Crippen LogP contribution >= 0.6 is 0 Å². The van der Waals surface area contributed by atoms with Crippen molar-refractivity contribution in [1.82, 2.24) is 0 Å². The van der Waals surface area contributed by atoms with E-state index in [0.717, 1.165) is 19.3 Å². The Morgan fingerprint density at radius 1 is 1.17 bits per heavy atom. The average Bonchev–Trinajstić information content (AvgIpc) is 2.27. The Morgan fingerprint density at radius 2 is 1.72 bits per heavy atom. The summed E-state index contributed by atoms with van der Waals surface area (Å²) in [6.45, 7) is 13.8. The molecule has 0 aliphatic heterocycles. The van der Waals surface area contributed by atoms with Gasteiger partial charge in [-0.3, -0.25) is 4.79 Å². The minimum absolute atomic E-state index is 0.147. The van der Waals surface area contributed by atoms with E-state index in [9.17, 15) is 4.79 Å². The summed E-state index contributed by atoms with van der Waals surface area (Å²) in [5, 5.41) is 0. The normalized spacial score (nSPS) is 15.2. The quantitative estimate of drug-likeness (QED) is 0.493. The monoisotopic (exact) mass is 253 g/mol. The van der Waals surface area contributed by atoms with E-state index in [-0.39, 0.29) is 5.78 Å². The fourth-order valence-corrected chi connectivity index (χ4v) is 2.78. The van der Waals surface area contributed by atoms with Gasteiger partial charge in [0, 0.05) is 5.54 Å². The van der Waals surface area contributed by atoms with Crippen LogP contribution in [0.25, 0.3) is 0 Å². The number of Topliss-reactive ketones (excluding diaryl/α,β-unsaturated/α-hetero) is 1. The molecule has 1 unspecified atom stereocenters. The van der Waals surface area contributed by atoms with Crippen molar-refractivity contribution in [3.05, 3.63) is 12.2 Å². The Hall–Kier alpha value is -0.630. The number of allylic oxidation sites excluding steroid dienone is 1. The minimum Gasteiger partial charge on any atom is -0.325 e. The maximum atomic E-state index is 12.5. The van der Waals surface area contributed by atoms with E-state index in [1.807, 2.05) is 13.8 Å². The van der Waals surface area contributed by atoms with Gasteiger partial charge in [-0.05, 0) is 39.2 Å². The number of rotatable bonds is 9. The zero-order valence-corrected chi connectivity index (χ0v) is 12.9. The van der Waals surface area contributed by atoms with Gasteiger partial charge in [-0.1, -0.05) is 46.1 Å². The van der Waals surface area contributed by atoms with E-state index in [1.165, 1.54) is 19.3 Å². The van der Waals surface area contributed by atoms with E-state index in [0.29, 0.717) is 5.57 Å². The fourth-order valence-electron chi connectivity index (χ4n) is 2.78. The standard InChI is InChI=1S/C16H31NO/c1-7-9-10-11-12-16(8-2,15(5,6)17)14(18)13(3)4/h3,7-12,17H2,1-2,4-6H3. The van der Waals surface area contributed by atoms with Crippen molar-refractivity contribution in [3.8, 4) is 0 Å². The summed E-state index contributed by atoms with van der Waals surface area (Å²) in [7, 11) is 0. The summed E-state index contributed by atoms with van der Waals surface area (Å²) < 4.78 is 0. The van der Waals surface area contributed by atoms with Gasteiger partial charge >= 0.3 is 0 Å². The lowest BCUT2D eigenvalue weighted by Gasteiger charge is -2.43. The molecule has 106 valence electrons. The lowest BCUT2D eigenvalue weighted by molar-refractivity contribution is -0.129. The van der Waals surface area contributed by atoms with Gasteiger partial charge in [0.2, 0.25) is 0 Å². The minimum atomic E-state index is -0.496. The first-order valence-electron chi connectivity index (χ1n) is 7.22. The molecule has 0 aromatic heterocycles. The molecule has 0 heterocycles. The Morgan fingerprint density at radius 3 is 2.06 bits per heavy atom. The molecular weight excluding hydrogens is 222 g/mol. The van der Waals surface area contributed by atoms with E-state index in [2.05, 4.69) is 20.4 Å². The topological polar surface area (TPSA) is 43.1 Å². The fraction of sp³-hybridized carbons (Fsp3) is 0.812. The molecule has 0 aromatic rings. The first kappa shape index (κ1) is 17.4. The third-order valence-corrected chi connectivity index (χ3v) is 4.12. The summed E-state index contributed by atoms with van der Waals surface area (Å²) in [5.41, 5.74) is 6.00. The summed E-state index contributed by atoms with van der Waals surface area (Å²) in [6, 6.07) is 0. The van der Waals surface area contributed by atoms with Crippen molar-refractivity contribution in [1.29, 1.82) is 0 Å². The van der Waals surface area contributed by atoms with Crippen LogP contribution in [-0.4, -0.2) is 11.3 Å². The maximum absolute atomic E-state index is 12.5. The van der Waals surface area contributed by atoms with Crippen LogP contribution in [0.1, 0.15) is 73.1 Å². The Balaban J connectivity index is 5.02. The average molecular weight is 253 g/mol. The largest absolute Gasteiger partial charge is 0.325 e. The molecule has 0 fully saturated rings. The zero-order chi connectivity index (χ0) is 14.4. The van der Waals surface area contributed by atoms with Gasteiger partial charge in [0.05, 0.1) is 5.41 Å². The van der Waals surface area contributed by atoms with Gasteiger partial charge in [0.25, 0.3) is 0 Å². The Labute approximate surface area is 113 Å². The van der Waals surface area contributed by atoms with Crippen molar-refractivity contribution in [2.75, 3.05) is 0 Å². The number of unbranched alkanes of at least 4 members (excludes halogenated alkanes) is 3. The van der Waals surface area contributed by atoms with Crippen LogP contribution in [0.4, 0.5) is 0 Å². The highest BCUT2D eigenvalue weighted by atomic mass is 16.1. The summed E-state index contributed by atoms with van der Waals surface area (Å²) >= 11 is 0. The molecule has 0 aromatic carbocycles. The number of nitrogens with two attached hydrogens (primary N) is 1. The third-order valence-electron chi connectivity index (χ3n) is 4.12. The molecule has 0 saturated heterocycles. The first-order chi connectivity index (χ1) is 8.23. The molecular formula is C16H31NO. The summed E-state index contributed by atoms with van der Waals surface area (Å²) in [5.74, 6) is 0.147. The van der Waals surface area contributed by atoms with Gasteiger partial charge in [-0.25, -0.2) is 0 Å². The molecule has 2 heteroatoms. The van der Waals surface area contributed by atoms with Crippen LogP contribution in [0.5, 0.6) is 0 Å². The molecule has 0 radical (unpaired) electrons. The van der Waals surface area contributed by atoms with E-state index >= 15 is 0 Å². The van der Waals surface area contributed by atoms with Crippen molar-refractivity contribution >= 4 is 5.78 Å². The molecule has 2 N–H and O–H groups in total. The predicted molar refractivity (Wildman–Crippen MR) is 79.6 cm³/mol. The van der Waals surface area contributed by atoms with Crippen molar-refractivity contribution in [3.63, 3.8) is 0 Å². The molecule has 18 heavy (non-hydrogen) atoms. The zero-order valence-electron chi connectivity index (χ0n) is 12.9. The molecule has 0 spiro atoms. The molecule has 0 saturated carbocycles. The summed E-state index contributed by atoms with van der Waals surface area (Å²) in [4.78, 5) is 12.5. The number of hydrogen-bond acceptors (Lipinski definition) is 2. The van der Waals surface area contributed by atoms with Crippen molar-refractivity contribution in [2.45, 2.75) is 78.7 Å². The molecule has 0 rings (SSSR count). The Bertz CT molecular complexity index is 288. The van der Waals surface area contributed by atoms with Crippen LogP contribution in [0, 0.1) is 5.41 Å². The van der Waals surface area contributed by atoms with Crippen LogP contribution in [0.2, 0.25) is 0 Å². The first-order valence-corrected chi connectivity index (χ1v) is 7.22. The van der Waals surface area contributed by atoms with Crippen molar-refractivity contribution in [2.24, 2.45) is 11.1 Å². The van der Waals surface area contributed by atoms with Gasteiger partial charge < -0.3 is 5.73 Å². The third kappa shape index (κ3) is 3.94. The number of hydrogen-bond donors (Lipinski definition) is 1. The maximum Gasteiger partial charge on any atom is 0.165 e. The van der Waals surface area contributed by atoms with E-state index < -0.39 is 11.0 Å². The smallest absolute Gasteiger partial charge is 0.165 e. The SMILES string of the molecule is C=C(C)C(=O)C(CC)(CCCCCC)C(C)(C)N. The molecule has 1 atom stereocenters. The lowest BCUT2D eigenvalue weighted by Crippen LogP contribution is -2.55. The molecule has 0 aliphatic carbocycles. The molecule has 0 aliphatic rings. The molecule has 0 amide bonds. The second-order valence-corrected chi connectivity index (χ2v) is 6.08. The van der Waals surface area contributed by atoms with Gasteiger partial charge in [-0.15, -0.1) is 0 Å². The van der Waals surface area contributed by atoms with E-state index in [1.54, 1.807) is 6.92 Å². The summed E-state index contributed by atoms with van der Waals surface area (Å²) in [6.07, 6.45) is 6.35. The van der Waals surface area contributed by atoms with Gasteiger partial charge in [-0.2, -0.15) is 0 Å². The van der Waals surface area contributed by atoms with Crippen LogP contribution in [0.3, 0.4) is 0 Å². The lowest BCUT2D eigenvalue weighted by atomic mass is 9.63. The number of ketones is 1. The van der Waals surface area contributed by atoms with E-state index in [4.69, 9.17) is 5.73 Å².